The molecule has 0 saturated carbocycles. The Morgan fingerprint density at radius 1 is 1.21 bits per heavy atom. The largest absolute Gasteiger partial charge is 0.383 e. The van der Waals surface area contributed by atoms with Crippen molar-refractivity contribution in [3.63, 3.8) is 0 Å². The lowest BCUT2D eigenvalue weighted by atomic mass is 10.2. The van der Waals surface area contributed by atoms with Gasteiger partial charge < -0.3 is 24.8 Å². The number of carbonyl (C=O) groups excluding carboxylic acids is 1. The fourth-order valence-corrected chi connectivity index (χ4v) is 4.41. The number of nitrogens with zero attached hydrogens (tertiary/aromatic N) is 3. The molecule has 0 bridgehead atoms. The number of primary amides is 1. The van der Waals surface area contributed by atoms with Gasteiger partial charge in [-0.2, -0.15) is 0 Å². The summed E-state index contributed by atoms with van der Waals surface area (Å²) in [5, 5.41) is 0.474. The third kappa shape index (κ3) is 4.69. The summed E-state index contributed by atoms with van der Waals surface area (Å²) in [5.41, 5.74) is 5.54. The summed E-state index contributed by atoms with van der Waals surface area (Å²) in [6, 6.07) is -0.635. The van der Waals surface area contributed by atoms with Crippen LogP contribution in [0.25, 0.3) is 10.2 Å². The second kappa shape index (κ2) is 10.0. The van der Waals surface area contributed by atoms with Gasteiger partial charge in [0.2, 0.25) is 0 Å². The SMILES string of the molecule is CCn1c(=O)c2c(C)c(CN(CC(OC)OC)C(N)=O)sc2n(CCOC)c1=O. The Hall–Kier alpha value is -2.21. The number of fused-ring (bicyclic) bond motifs is 1. The molecule has 0 fully saturated rings. The van der Waals surface area contributed by atoms with Crippen molar-refractivity contribution in [2.75, 3.05) is 34.5 Å². The van der Waals surface area contributed by atoms with Gasteiger partial charge in [-0.25, -0.2) is 9.59 Å². The van der Waals surface area contributed by atoms with Crippen molar-refractivity contribution in [3.05, 3.63) is 31.3 Å². The molecule has 2 amide bonds. The van der Waals surface area contributed by atoms with Crippen molar-refractivity contribution in [1.82, 2.24) is 14.0 Å². The number of amides is 2. The maximum atomic E-state index is 12.9. The molecule has 0 aliphatic carbocycles. The van der Waals surface area contributed by atoms with Crippen molar-refractivity contribution in [2.45, 2.75) is 39.8 Å². The van der Waals surface area contributed by atoms with Crippen LogP contribution in [0, 0.1) is 6.92 Å². The molecule has 2 aromatic heterocycles. The number of aromatic nitrogens is 2. The number of aryl methyl sites for hydroxylation is 1. The van der Waals surface area contributed by atoms with Crippen molar-refractivity contribution in [1.29, 1.82) is 0 Å². The summed E-state index contributed by atoms with van der Waals surface area (Å²) in [7, 11) is 4.50. The third-order valence-corrected chi connectivity index (χ3v) is 6.07. The van der Waals surface area contributed by atoms with Crippen LogP contribution in [-0.2, 0) is 33.8 Å². The normalized spacial score (nSPS) is 11.5. The Labute approximate surface area is 172 Å². The van der Waals surface area contributed by atoms with Gasteiger partial charge in [0.1, 0.15) is 4.83 Å². The quantitative estimate of drug-likeness (QED) is 0.557. The van der Waals surface area contributed by atoms with Gasteiger partial charge in [-0.05, 0) is 19.4 Å². The minimum atomic E-state index is -0.635. The zero-order chi connectivity index (χ0) is 21.7. The van der Waals surface area contributed by atoms with E-state index in [0.717, 1.165) is 10.4 Å². The van der Waals surface area contributed by atoms with Gasteiger partial charge in [0, 0.05) is 32.8 Å². The number of carbonyl (C=O) groups is 1. The van der Waals surface area contributed by atoms with E-state index in [0.29, 0.717) is 23.4 Å². The Morgan fingerprint density at radius 3 is 2.38 bits per heavy atom. The number of rotatable bonds is 10. The Bertz CT molecular complexity index is 975. The number of urea groups is 1. The highest BCUT2D eigenvalue weighted by Gasteiger charge is 2.23. The molecule has 0 atom stereocenters. The zero-order valence-corrected chi connectivity index (χ0v) is 18.2. The van der Waals surface area contributed by atoms with Gasteiger partial charge in [0.05, 0.1) is 31.6 Å². The fraction of sp³-hybridized carbons (Fsp3) is 0.611. The first-order chi connectivity index (χ1) is 13.8. The van der Waals surface area contributed by atoms with E-state index in [1.54, 1.807) is 18.6 Å². The van der Waals surface area contributed by atoms with Crippen molar-refractivity contribution in [3.8, 4) is 0 Å². The molecule has 0 radical (unpaired) electrons. The van der Waals surface area contributed by atoms with Gasteiger partial charge in [-0.15, -0.1) is 11.3 Å². The van der Waals surface area contributed by atoms with Gasteiger partial charge >= 0.3 is 11.7 Å². The fourth-order valence-electron chi connectivity index (χ4n) is 3.08. The second-order valence-electron chi connectivity index (χ2n) is 6.43. The summed E-state index contributed by atoms with van der Waals surface area (Å²) < 4.78 is 18.2. The molecular formula is C18H28N4O6S. The molecule has 11 heteroatoms. The highest BCUT2D eigenvalue weighted by Crippen LogP contribution is 2.29. The number of nitrogens with two attached hydrogens (primary N) is 1. The first-order valence-electron chi connectivity index (χ1n) is 9.15. The number of methoxy groups -OCH3 is 3. The summed E-state index contributed by atoms with van der Waals surface area (Å²) in [6.07, 6.45) is -0.630. The van der Waals surface area contributed by atoms with Crippen molar-refractivity contribution >= 4 is 27.6 Å². The summed E-state index contributed by atoms with van der Waals surface area (Å²) in [4.78, 5) is 40.3. The number of thiophene rings is 1. The molecule has 2 N–H and O–H groups in total. The van der Waals surface area contributed by atoms with Crippen LogP contribution in [0.5, 0.6) is 0 Å². The first-order valence-corrected chi connectivity index (χ1v) is 9.96. The van der Waals surface area contributed by atoms with Crippen molar-refractivity contribution < 1.29 is 19.0 Å². The van der Waals surface area contributed by atoms with E-state index in [4.69, 9.17) is 19.9 Å². The lowest BCUT2D eigenvalue weighted by Gasteiger charge is -2.24. The van der Waals surface area contributed by atoms with Crippen LogP contribution in [0.2, 0.25) is 0 Å². The predicted molar refractivity (Wildman–Crippen MR) is 110 cm³/mol. The average molecular weight is 429 g/mol. The molecule has 0 aliphatic heterocycles. The first kappa shape index (κ1) is 23.1. The van der Waals surface area contributed by atoms with Gasteiger partial charge in [-0.1, -0.05) is 0 Å². The van der Waals surface area contributed by atoms with Gasteiger partial charge in [0.25, 0.3) is 5.56 Å². The molecule has 0 aliphatic rings. The van der Waals surface area contributed by atoms with Crippen LogP contribution in [0.4, 0.5) is 4.79 Å². The maximum absolute atomic E-state index is 12.9. The van der Waals surface area contributed by atoms with Crippen molar-refractivity contribution in [2.24, 2.45) is 5.73 Å². The molecule has 29 heavy (non-hydrogen) atoms. The van der Waals surface area contributed by atoms with Gasteiger partial charge in [0.15, 0.2) is 6.29 Å². The second-order valence-corrected chi connectivity index (χ2v) is 7.51. The lowest BCUT2D eigenvalue weighted by Crippen LogP contribution is -2.41. The maximum Gasteiger partial charge on any atom is 0.332 e. The molecule has 2 rings (SSSR count). The molecular weight excluding hydrogens is 400 g/mol. The van der Waals surface area contributed by atoms with Gasteiger partial charge in [-0.3, -0.25) is 13.9 Å². The van der Waals surface area contributed by atoms with Crippen LogP contribution in [0.1, 0.15) is 17.4 Å². The summed E-state index contributed by atoms with van der Waals surface area (Å²) >= 11 is 1.30. The zero-order valence-electron chi connectivity index (χ0n) is 17.4. The number of ether oxygens (including phenoxy) is 3. The molecule has 0 aromatic carbocycles. The topological polar surface area (TPSA) is 118 Å². The standard InChI is InChI=1S/C18H28N4O6S/c1-6-21-15(23)14-11(2)12(9-20(17(19)24)10-13(27-4)28-5)29-16(14)22(18(21)25)7-8-26-3/h13H,6-10H2,1-5H3,(H2,19,24). The highest BCUT2D eigenvalue weighted by atomic mass is 32.1. The Morgan fingerprint density at radius 2 is 1.86 bits per heavy atom. The molecule has 2 aromatic rings. The van der Waals surface area contributed by atoms with Crippen LogP contribution in [0.15, 0.2) is 9.59 Å². The lowest BCUT2D eigenvalue weighted by molar-refractivity contribution is -0.111. The minimum Gasteiger partial charge on any atom is -0.383 e. The summed E-state index contributed by atoms with van der Waals surface area (Å²) in [5.74, 6) is 0. The van der Waals surface area contributed by atoms with Crippen LogP contribution < -0.4 is 17.0 Å². The monoisotopic (exact) mass is 428 g/mol. The smallest absolute Gasteiger partial charge is 0.332 e. The average Bonchev–Trinajstić information content (AvgIpc) is 3.01. The molecule has 0 spiro atoms. The molecule has 2 heterocycles. The van der Waals surface area contributed by atoms with Crippen LogP contribution >= 0.6 is 11.3 Å². The predicted octanol–water partition coefficient (Wildman–Crippen LogP) is 0.699. The van der Waals surface area contributed by atoms with E-state index < -0.39 is 12.3 Å². The number of hydrogen-bond donors (Lipinski definition) is 1. The molecule has 162 valence electrons. The van der Waals surface area contributed by atoms with E-state index in [1.165, 1.54) is 35.0 Å². The molecule has 10 nitrogen and oxygen atoms in total. The van der Waals surface area contributed by atoms with E-state index in [2.05, 4.69) is 0 Å². The third-order valence-electron chi connectivity index (χ3n) is 4.77. The van der Waals surface area contributed by atoms with E-state index in [1.807, 2.05) is 6.92 Å². The van der Waals surface area contributed by atoms with Crippen LogP contribution in [-0.4, -0.2) is 60.8 Å². The summed E-state index contributed by atoms with van der Waals surface area (Å²) in [6.45, 7) is 4.79. The minimum absolute atomic E-state index is 0.131. The Kier molecular flexibility index (Phi) is 7.96. The molecule has 0 saturated heterocycles. The Balaban J connectivity index is 2.59. The van der Waals surface area contributed by atoms with E-state index >= 15 is 0 Å². The van der Waals surface area contributed by atoms with E-state index in [-0.39, 0.29) is 30.9 Å². The number of hydrogen-bond acceptors (Lipinski definition) is 7. The highest BCUT2D eigenvalue weighted by molar-refractivity contribution is 7.18. The van der Waals surface area contributed by atoms with Crippen LogP contribution in [0.3, 0.4) is 0 Å². The van der Waals surface area contributed by atoms with E-state index in [9.17, 15) is 14.4 Å². The molecule has 0 unspecified atom stereocenters.